The number of halogens is 1. The van der Waals surface area contributed by atoms with Crippen molar-refractivity contribution in [1.82, 2.24) is 0 Å². The van der Waals surface area contributed by atoms with Crippen molar-refractivity contribution in [1.29, 1.82) is 0 Å². The number of aromatic hydroxyl groups is 1. The summed E-state index contributed by atoms with van der Waals surface area (Å²) in [4.78, 5) is 10.6. The maximum absolute atomic E-state index is 10.6. The van der Waals surface area contributed by atoms with Crippen LogP contribution in [-0.2, 0) is 4.79 Å². The quantitative estimate of drug-likeness (QED) is 0.726. The maximum Gasteiger partial charge on any atom is 0.221 e. The molecule has 1 amide bonds. The lowest BCUT2D eigenvalue weighted by Gasteiger charge is -2.02. The molecular weight excluding hydrogens is 222 g/mol. The Hall–Kier alpha value is -1.03. The average molecular weight is 230 g/mol. The molecule has 0 aliphatic carbocycles. The number of hydrogen-bond acceptors (Lipinski definition) is 2. The molecule has 0 bridgehead atoms. The van der Waals surface area contributed by atoms with Crippen LogP contribution in [0, 0.1) is 0 Å². The predicted molar refractivity (Wildman–Crippen MR) is 50.1 cm³/mol. The van der Waals surface area contributed by atoms with Gasteiger partial charge in [-0.15, -0.1) is 0 Å². The number of rotatable bonds is 1. The van der Waals surface area contributed by atoms with Gasteiger partial charge in [-0.3, -0.25) is 4.79 Å². The van der Waals surface area contributed by atoms with Crippen LogP contribution in [0.15, 0.2) is 22.7 Å². The van der Waals surface area contributed by atoms with E-state index in [9.17, 15) is 4.79 Å². The van der Waals surface area contributed by atoms with Crippen LogP contribution in [0.4, 0.5) is 5.69 Å². The van der Waals surface area contributed by atoms with E-state index >= 15 is 0 Å². The van der Waals surface area contributed by atoms with Gasteiger partial charge in [0.15, 0.2) is 0 Å². The monoisotopic (exact) mass is 229 g/mol. The van der Waals surface area contributed by atoms with E-state index < -0.39 is 0 Å². The van der Waals surface area contributed by atoms with Crippen LogP contribution in [0.3, 0.4) is 0 Å². The van der Waals surface area contributed by atoms with Gasteiger partial charge < -0.3 is 10.4 Å². The highest BCUT2D eigenvalue weighted by Gasteiger charge is 1.99. The predicted octanol–water partition coefficient (Wildman–Crippen LogP) is 2.11. The molecule has 0 aliphatic heterocycles. The standard InChI is InChI=1S/C8H8BrNO2/c1-5(11)10-6-2-3-8(12)7(9)4-6/h2-4,12H,1H3,(H,10,11). The van der Waals surface area contributed by atoms with Gasteiger partial charge in [-0.2, -0.15) is 0 Å². The van der Waals surface area contributed by atoms with Crippen LogP contribution >= 0.6 is 15.9 Å². The number of nitrogens with one attached hydrogen (secondary N) is 1. The van der Waals surface area contributed by atoms with Crippen molar-refractivity contribution < 1.29 is 9.90 Å². The van der Waals surface area contributed by atoms with Gasteiger partial charge >= 0.3 is 0 Å². The first kappa shape index (κ1) is 9.06. The molecule has 0 spiro atoms. The smallest absolute Gasteiger partial charge is 0.221 e. The van der Waals surface area contributed by atoms with Gasteiger partial charge in [0.2, 0.25) is 5.91 Å². The molecule has 2 N–H and O–H groups in total. The molecule has 0 atom stereocenters. The highest BCUT2D eigenvalue weighted by atomic mass is 79.9. The fraction of sp³-hybridized carbons (Fsp3) is 0.125. The largest absolute Gasteiger partial charge is 0.507 e. The Morgan fingerprint density at radius 1 is 1.58 bits per heavy atom. The van der Waals surface area contributed by atoms with Gasteiger partial charge in [-0.25, -0.2) is 0 Å². The second-order valence-electron chi connectivity index (χ2n) is 2.35. The third kappa shape index (κ3) is 2.23. The summed E-state index contributed by atoms with van der Waals surface area (Å²) in [6, 6.07) is 4.77. The number of hydrogen-bond donors (Lipinski definition) is 2. The number of benzene rings is 1. The first-order valence-electron chi connectivity index (χ1n) is 3.35. The Bertz CT molecular complexity index is 312. The van der Waals surface area contributed by atoms with Crippen molar-refractivity contribution in [3.63, 3.8) is 0 Å². The number of carbonyl (C=O) groups excluding carboxylic acids is 1. The van der Waals surface area contributed by atoms with E-state index in [4.69, 9.17) is 5.11 Å². The molecule has 0 radical (unpaired) electrons. The number of amides is 1. The molecule has 1 aromatic carbocycles. The zero-order valence-electron chi connectivity index (χ0n) is 6.47. The van der Waals surface area contributed by atoms with E-state index in [0.29, 0.717) is 10.2 Å². The third-order valence-corrected chi connectivity index (χ3v) is 1.90. The van der Waals surface area contributed by atoms with Crippen LogP contribution in [0.5, 0.6) is 5.75 Å². The number of carbonyl (C=O) groups is 1. The molecule has 1 aromatic rings. The number of anilines is 1. The molecule has 12 heavy (non-hydrogen) atoms. The zero-order valence-corrected chi connectivity index (χ0v) is 8.05. The van der Waals surface area contributed by atoms with Gasteiger partial charge in [0.05, 0.1) is 4.47 Å². The summed E-state index contributed by atoms with van der Waals surface area (Å²) in [5, 5.41) is 11.7. The highest BCUT2D eigenvalue weighted by molar-refractivity contribution is 9.10. The van der Waals surface area contributed by atoms with E-state index in [2.05, 4.69) is 21.2 Å². The van der Waals surface area contributed by atoms with Crippen LogP contribution in [-0.4, -0.2) is 11.0 Å². The molecule has 1 rings (SSSR count). The topological polar surface area (TPSA) is 49.3 Å². The van der Waals surface area contributed by atoms with Gasteiger partial charge in [0.1, 0.15) is 5.75 Å². The van der Waals surface area contributed by atoms with Crippen LogP contribution in [0.25, 0.3) is 0 Å². The third-order valence-electron chi connectivity index (χ3n) is 1.27. The minimum Gasteiger partial charge on any atom is -0.507 e. The normalized spacial score (nSPS) is 9.50. The van der Waals surface area contributed by atoms with Crippen molar-refractivity contribution in [3.8, 4) is 5.75 Å². The zero-order chi connectivity index (χ0) is 9.14. The van der Waals surface area contributed by atoms with Crippen molar-refractivity contribution in [2.45, 2.75) is 6.92 Å². The summed E-state index contributed by atoms with van der Waals surface area (Å²) in [6.07, 6.45) is 0. The molecule has 4 heteroatoms. The lowest BCUT2D eigenvalue weighted by Crippen LogP contribution is -2.05. The minimum atomic E-state index is -0.132. The lowest BCUT2D eigenvalue weighted by molar-refractivity contribution is -0.114. The lowest BCUT2D eigenvalue weighted by atomic mass is 10.3. The van der Waals surface area contributed by atoms with Crippen molar-refractivity contribution in [3.05, 3.63) is 22.7 Å². The Kier molecular flexibility index (Phi) is 2.70. The average Bonchev–Trinajstić information content (AvgIpc) is 1.96. The van der Waals surface area contributed by atoms with Crippen LogP contribution in [0.2, 0.25) is 0 Å². The first-order chi connectivity index (χ1) is 5.59. The van der Waals surface area contributed by atoms with Crippen molar-refractivity contribution >= 4 is 27.5 Å². The van der Waals surface area contributed by atoms with E-state index in [1.807, 2.05) is 0 Å². The van der Waals surface area contributed by atoms with Gasteiger partial charge in [-0.1, -0.05) is 0 Å². The number of phenols is 1. The summed E-state index contributed by atoms with van der Waals surface area (Å²) in [5.41, 5.74) is 0.659. The van der Waals surface area contributed by atoms with Crippen molar-refractivity contribution in [2.75, 3.05) is 5.32 Å². The SMILES string of the molecule is CC(=O)Nc1ccc(O)c(Br)c1. The minimum absolute atomic E-state index is 0.132. The number of phenolic OH excluding ortho intramolecular Hbond substituents is 1. The van der Waals surface area contributed by atoms with Crippen LogP contribution < -0.4 is 5.32 Å². The second kappa shape index (κ2) is 3.58. The molecule has 0 aliphatic rings. The molecule has 0 saturated heterocycles. The molecule has 0 unspecified atom stereocenters. The fourth-order valence-electron chi connectivity index (χ4n) is 0.788. The van der Waals surface area contributed by atoms with Crippen molar-refractivity contribution in [2.24, 2.45) is 0 Å². The van der Waals surface area contributed by atoms with E-state index in [-0.39, 0.29) is 11.7 Å². The van der Waals surface area contributed by atoms with Gasteiger partial charge in [0.25, 0.3) is 0 Å². The molecule has 3 nitrogen and oxygen atoms in total. The summed E-state index contributed by atoms with van der Waals surface area (Å²) < 4.78 is 0.564. The summed E-state index contributed by atoms with van der Waals surface area (Å²) in [5.74, 6) is 0.0247. The summed E-state index contributed by atoms with van der Waals surface area (Å²) in [6.45, 7) is 1.43. The molecule has 0 heterocycles. The maximum atomic E-state index is 10.6. The Balaban J connectivity index is 2.89. The highest BCUT2D eigenvalue weighted by Crippen LogP contribution is 2.26. The van der Waals surface area contributed by atoms with Gasteiger partial charge in [-0.05, 0) is 34.1 Å². The second-order valence-corrected chi connectivity index (χ2v) is 3.20. The Morgan fingerprint density at radius 3 is 2.75 bits per heavy atom. The molecule has 0 fully saturated rings. The molecule has 0 aromatic heterocycles. The van der Waals surface area contributed by atoms with Gasteiger partial charge in [0, 0.05) is 12.6 Å². The molecular formula is C8H8BrNO2. The summed E-state index contributed by atoms with van der Waals surface area (Å²) >= 11 is 3.13. The fourth-order valence-corrected chi connectivity index (χ4v) is 1.17. The molecule has 64 valence electrons. The Morgan fingerprint density at radius 2 is 2.25 bits per heavy atom. The van der Waals surface area contributed by atoms with Crippen LogP contribution in [0.1, 0.15) is 6.92 Å². The first-order valence-corrected chi connectivity index (χ1v) is 4.15. The van der Waals surface area contributed by atoms with E-state index in [1.165, 1.54) is 13.0 Å². The summed E-state index contributed by atoms with van der Waals surface area (Å²) in [7, 11) is 0. The van der Waals surface area contributed by atoms with E-state index in [0.717, 1.165) is 0 Å². The Labute approximate surface area is 78.5 Å². The molecule has 0 saturated carbocycles. The van der Waals surface area contributed by atoms with E-state index in [1.54, 1.807) is 12.1 Å².